The van der Waals surface area contributed by atoms with Gasteiger partial charge in [0.1, 0.15) is 0 Å². The van der Waals surface area contributed by atoms with Crippen LogP contribution in [0, 0.1) is 5.41 Å². The number of carbonyl (C=O) groups is 1. The molecule has 0 rings (SSSR count). The molecule has 0 aliphatic carbocycles. The van der Waals surface area contributed by atoms with Crippen molar-refractivity contribution in [1.29, 1.82) is 0 Å². The molecule has 1 N–H and O–H groups in total. The van der Waals surface area contributed by atoms with Gasteiger partial charge in [-0.1, -0.05) is 0 Å². The second kappa shape index (κ2) is 3.32. The van der Waals surface area contributed by atoms with E-state index in [1.807, 2.05) is 0 Å². The molecule has 0 aromatic heterocycles. The molecule has 0 spiro atoms. The van der Waals surface area contributed by atoms with Gasteiger partial charge in [0.2, 0.25) is 0 Å². The van der Waals surface area contributed by atoms with Crippen LogP contribution in [0.2, 0.25) is 0 Å². The summed E-state index contributed by atoms with van der Waals surface area (Å²) < 4.78 is 0. The van der Waals surface area contributed by atoms with E-state index in [9.17, 15) is 4.79 Å². The Morgan fingerprint density at radius 2 is 1.50 bits per heavy atom. The van der Waals surface area contributed by atoms with Crippen molar-refractivity contribution in [3.8, 4) is 0 Å². The minimum absolute atomic E-state index is 0. The maximum atomic E-state index is 10.0. The molecule has 0 aliphatic heterocycles. The summed E-state index contributed by atoms with van der Waals surface area (Å²) in [6.07, 6.45) is 0. The van der Waals surface area contributed by atoms with Gasteiger partial charge in [0.05, 0.1) is 5.41 Å². The second-order valence-corrected chi connectivity index (χ2v) is 2.56. The van der Waals surface area contributed by atoms with Crippen LogP contribution in [0.15, 0.2) is 0 Å². The standard InChI is InChI=1S/C5H10O2.Sn/c1-5(2,3)4(6)7;/h1-3H3,(H,6,7);. The molecule has 0 amide bonds. The average Bonchev–Trinajstić information content (AvgIpc) is 1.31. The first-order valence-electron chi connectivity index (χ1n) is 2.18. The van der Waals surface area contributed by atoms with Crippen molar-refractivity contribution < 1.29 is 9.90 Å². The van der Waals surface area contributed by atoms with Crippen molar-refractivity contribution in [2.75, 3.05) is 0 Å². The van der Waals surface area contributed by atoms with Crippen molar-refractivity contribution in [2.24, 2.45) is 5.41 Å². The summed E-state index contributed by atoms with van der Waals surface area (Å²) >= 11 is 0. The van der Waals surface area contributed by atoms with Crippen LogP contribution in [-0.2, 0) is 4.79 Å². The molecule has 0 aromatic carbocycles. The number of rotatable bonds is 0. The number of hydrogen-bond acceptors (Lipinski definition) is 1. The smallest absolute Gasteiger partial charge is 0.308 e. The van der Waals surface area contributed by atoms with Gasteiger partial charge >= 0.3 is 5.97 Å². The molecule has 8 heavy (non-hydrogen) atoms. The monoisotopic (exact) mass is 222 g/mol. The second-order valence-electron chi connectivity index (χ2n) is 2.56. The molecule has 0 heterocycles. The molecule has 0 aromatic rings. The summed E-state index contributed by atoms with van der Waals surface area (Å²) in [5.41, 5.74) is -0.583. The van der Waals surface area contributed by atoms with E-state index >= 15 is 0 Å². The Balaban J connectivity index is 0. The van der Waals surface area contributed by atoms with E-state index < -0.39 is 11.4 Å². The van der Waals surface area contributed by atoms with Crippen LogP contribution >= 0.6 is 0 Å². The van der Waals surface area contributed by atoms with Gasteiger partial charge in [0.25, 0.3) is 0 Å². The van der Waals surface area contributed by atoms with Crippen LogP contribution in [0.3, 0.4) is 0 Å². The Bertz CT molecular complexity index is 82.9. The zero-order chi connectivity index (χ0) is 6.08. The Kier molecular flexibility index (Phi) is 4.62. The molecule has 0 bridgehead atoms. The van der Waals surface area contributed by atoms with E-state index in [0.717, 1.165) is 0 Å². The van der Waals surface area contributed by atoms with E-state index in [2.05, 4.69) is 0 Å². The van der Waals surface area contributed by atoms with Crippen molar-refractivity contribution in [2.45, 2.75) is 20.8 Å². The van der Waals surface area contributed by atoms with Crippen molar-refractivity contribution in [3.63, 3.8) is 0 Å². The zero-order valence-electron chi connectivity index (χ0n) is 5.36. The molecule has 0 unspecified atom stereocenters. The molecule has 0 aliphatic rings. The number of hydrogen-bond donors (Lipinski definition) is 1. The number of carboxylic acids is 1. The third-order valence-electron chi connectivity index (χ3n) is 0.642. The summed E-state index contributed by atoms with van der Waals surface area (Å²) in [5.74, 6) is -0.757. The summed E-state index contributed by atoms with van der Waals surface area (Å²) in [5, 5.41) is 8.25. The van der Waals surface area contributed by atoms with Gasteiger partial charge in [-0.3, -0.25) is 4.79 Å². The van der Waals surface area contributed by atoms with Gasteiger partial charge in [0, 0.05) is 23.9 Å². The molecule has 4 radical (unpaired) electrons. The maximum absolute atomic E-state index is 10.0. The number of aliphatic carboxylic acids is 1. The molecule has 0 atom stereocenters. The molecular weight excluding hydrogens is 211 g/mol. The van der Waals surface area contributed by atoms with Gasteiger partial charge in [-0.15, -0.1) is 0 Å². The Morgan fingerprint density at radius 3 is 1.50 bits per heavy atom. The van der Waals surface area contributed by atoms with E-state index in [1.54, 1.807) is 20.8 Å². The summed E-state index contributed by atoms with van der Waals surface area (Å²) in [4.78, 5) is 10.0. The topological polar surface area (TPSA) is 37.3 Å². The van der Waals surface area contributed by atoms with Crippen molar-refractivity contribution >= 4 is 29.9 Å². The average molecular weight is 221 g/mol. The third kappa shape index (κ3) is 4.43. The molecule has 0 fully saturated rings. The molecule has 46 valence electrons. The molecular formula is C5H10O2Sn. The predicted molar refractivity (Wildman–Crippen MR) is 32.8 cm³/mol. The van der Waals surface area contributed by atoms with Gasteiger partial charge in [-0.05, 0) is 20.8 Å². The van der Waals surface area contributed by atoms with Gasteiger partial charge in [-0.2, -0.15) is 0 Å². The summed E-state index contributed by atoms with van der Waals surface area (Å²) in [7, 11) is 0. The fourth-order valence-corrected chi connectivity index (χ4v) is 0. The molecule has 0 saturated carbocycles. The van der Waals surface area contributed by atoms with Crippen LogP contribution in [0.5, 0.6) is 0 Å². The van der Waals surface area contributed by atoms with Crippen molar-refractivity contribution in [1.82, 2.24) is 0 Å². The SMILES string of the molecule is CC(C)(C)C(=O)O.[Sn]. The molecule has 3 heteroatoms. The Labute approximate surface area is 66.2 Å². The maximum Gasteiger partial charge on any atom is 0.308 e. The fraction of sp³-hybridized carbons (Fsp3) is 0.800. The van der Waals surface area contributed by atoms with Crippen LogP contribution in [0.25, 0.3) is 0 Å². The minimum atomic E-state index is -0.757. The van der Waals surface area contributed by atoms with E-state index in [-0.39, 0.29) is 23.9 Å². The van der Waals surface area contributed by atoms with Crippen LogP contribution in [0.1, 0.15) is 20.8 Å². The van der Waals surface area contributed by atoms with Gasteiger partial charge in [0.15, 0.2) is 0 Å². The van der Waals surface area contributed by atoms with E-state index in [1.165, 1.54) is 0 Å². The van der Waals surface area contributed by atoms with E-state index in [4.69, 9.17) is 5.11 Å². The van der Waals surface area contributed by atoms with Crippen molar-refractivity contribution in [3.05, 3.63) is 0 Å². The van der Waals surface area contributed by atoms with Crippen LogP contribution < -0.4 is 0 Å². The number of carboxylic acid groups (broad SMARTS) is 1. The quantitative estimate of drug-likeness (QED) is 0.612. The first kappa shape index (κ1) is 11.1. The largest absolute Gasteiger partial charge is 0.481 e. The van der Waals surface area contributed by atoms with Crippen LogP contribution in [-0.4, -0.2) is 35.0 Å². The normalized spacial score (nSPS) is 9.88. The van der Waals surface area contributed by atoms with Crippen LogP contribution in [0.4, 0.5) is 0 Å². The van der Waals surface area contributed by atoms with Gasteiger partial charge in [-0.25, -0.2) is 0 Å². The molecule has 2 nitrogen and oxygen atoms in total. The fourth-order valence-electron chi connectivity index (χ4n) is 0. The third-order valence-corrected chi connectivity index (χ3v) is 0.642. The minimum Gasteiger partial charge on any atom is -0.481 e. The first-order valence-corrected chi connectivity index (χ1v) is 2.18. The Hall–Kier alpha value is 0.269. The summed E-state index contributed by atoms with van der Waals surface area (Å²) in [6.45, 7) is 4.99. The zero-order valence-corrected chi connectivity index (χ0v) is 8.21. The van der Waals surface area contributed by atoms with E-state index in [0.29, 0.717) is 0 Å². The summed E-state index contributed by atoms with van der Waals surface area (Å²) in [6, 6.07) is 0. The Morgan fingerprint density at radius 1 is 1.38 bits per heavy atom. The predicted octanol–water partition coefficient (Wildman–Crippen LogP) is 0.736. The van der Waals surface area contributed by atoms with Gasteiger partial charge < -0.3 is 5.11 Å². The first-order chi connectivity index (χ1) is 2.94. The molecule has 0 saturated heterocycles.